The number of hydrogen-bond donors (Lipinski definition) is 3. The predicted molar refractivity (Wildman–Crippen MR) is 92.7 cm³/mol. The molecule has 7 unspecified atom stereocenters. The van der Waals surface area contributed by atoms with E-state index in [1.54, 1.807) is 4.90 Å². The fourth-order valence-corrected chi connectivity index (χ4v) is 7.36. The Bertz CT molecular complexity index is 632. The molecule has 0 aromatic carbocycles. The summed E-state index contributed by atoms with van der Waals surface area (Å²) in [5.74, 6) is 1.65. The van der Waals surface area contributed by atoms with Crippen molar-refractivity contribution in [1.82, 2.24) is 15.5 Å². The molecule has 0 spiro atoms. The summed E-state index contributed by atoms with van der Waals surface area (Å²) in [6.45, 7) is 0.782. The highest BCUT2D eigenvalue weighted by atomic mass is 16.5. The maximum atomic E-state index is 12.8. The molecule has 0 radical (unpaired) electrons. The summed E-state index contributed by atoms with van der Waals surface area (Å²) in [5, 5.41) is 6.98. The number of rotatable bonds is 3. The summed E-state index contributed by atoms with van der Waals surface area (Å²) in [6, 6.07) is 0.600. The van der Waals surface area contributed by atoms with Gasteiger partial charge in [-0.05, 0) is 50.4 Å². The van der Waals surface area contributed by atoms with Gasteiger partial charge in [0.15, 0.2) is 0 Å². The van der Waals surface area contributed by atoms with Crippen molar-refractivity contribution in [2.45, 2.75) is 68.5 Å². The van der Waals surface area contributed by atoms with E-state index in [9.17, 15) is 9.59 Å². The number of carbonyl (C=O) groups is 2. The van der Waals surface area contributed by atoms with Gasteiger partial charge < -0.3 is 20.7 Å². The molecule has 7 aliphatic rings. The van der Waals surface area contributed by atoms with Gasteiger partial charge in [-0.1, -0.05) is 0 Å². The molecule has 5 aliphatic heterocycles. The Hall–Kier alpha value is -1.18. The molecular weight excluding hydrogens is 332 g/mol. The van der Waals surface area contributed by atoms with Crippen LogP contribution >= 0.6 is 0 Å². The third-order valence-corrected chi connectivity index (χ3v) is 7.94. The minimum absolute atomic E-state index is 0.00756. The Kier molecular flexibility index (Phi) is 3.17. The molecule has 0 aromatic heterocycles. The standard InChI is InChI=1S/C19H28N4O3/c20-13-4-14-16-12(17(13)26-14)7-23(18(16)25)8-15(24)22-19-5-9-1-10(6-19)3-11(2-9)21-19/h9-14,16-17,21H,1-8,20H2,(H,22,24)/t9-,10+,11?,12?,13?,14?,16?,17?,19?. The molecule has 7 fully saturated rings. The number of nitrogens with two attached hydrogens (primary N) is 1. The number of nitrogens with one attached hydrogen (secondary N) is 2. The maximum absolute atomic E-state index is 12.8. The van der Waals surface area contributed by atoms with Gasteiger partial charge in [-0.25, -0.2) is 0 Å². The zero-order valence-electron chi connectivity index (χ0n) is 15.0. The number of fused-ring (bicyclic) bond motifs is 5. The summed E-state index contributed by atoms with van der Waals surface area (Å²) in [4.78, 5) is 27.3. The highest BCUT2D eigenvalue weighted by molar-refractivity contribution is 5.88. The first kappa shape index (κ1) is 15.8. The molecule has 7 rings (SSSR count). The lowest BCUT2D eigenvalue weighted by atomic mass is 9.62. The lowest BCUT2D eigenvalue weighted by Gasteiger charge is -2.57. The van der Waals surface area contributed by atoms with E-state index in [1.165, 1.54) is 19.3 Å². The molecule has 142 valence electrons. The van der Waals surface area contributed by atoms with Crippen LogP contribution in [0.5, 0.6) is 0 Å². The Balaban J connectivity index is 1.13. The van der Waals surface area contributed by atoms with Gasteiger partial charge in [0, 0.05) is 24.5 Å². The average molecular weight is 360 g/mol. The molecule has 7 heteroatoms. The van der Waals surface area contributed by atoms with Crippen LogP contribution in [0.15, 0.2) is 0 Å². The van der Waals surface area contributed by atoms with Gasteiger partial charge in [-0.3, -0.25) is 14.9 Å². The molecule has 2 amide bonds. The number of hydrogen-bond acceptors (Lipinski definition) is 5. The van der Waals surface area contributed by atoms with Gasteiger partial charge in [-0.2, -0.15) is 0 Å². The van der Waals surface area contributed by atoms with E-state index < -0.39 is 0 Å². The largest absolute Gasteiger partial charge is 0.372 e. The second-order valence-corrected chi connectivity index (χ2v) is 9.77. The van der Waals surface area contributed by atoms with Crippen molar-refractivity contribution in [3.05, 3.63) is 0 Å². The van der Waals surface area contributed by atoms with Crippen molar-refractivity contribution in [1.29, 1.82) is 0 Å². The number of piperidine rings is 2. The van der Waals surface area contributed by atoms with Crippen LogP contribution in [0, 0.1) is 23.7 Å². The number of carbonyl (C=O) groups excluding carboxylic acids is 2. The molecule has 5 saturated heterocycles. The van der Waals surface area contributed by atoms with Crippen LogP contribution in [0.25, 0.3) is 0 Å². The van der Waals surface area contributed by atoms with E-state index in [-0.39, 0.29) is 54.1 Å². The van der Waals surface area contributed by atoms with Crippen LogP contribution in [-0.4, -0.2) is 59.8 Å². The van der Waals surface area contributed by atoms with Crippen LogP contribution in [0.2, 0.25) is 0 Å². The lowest BCUT2D eigenvalue weighted by molar-refractivity contribution is -0.139. The highest BCUT2D eigenvalue weighted by Gasteiger charge is 2.60. The van der Waals surface area contributed by atoms with E-state index in [0.717, 1.165) is 31.1 Å². The third-order valence-electron chi connectivity index (χ3n) is 7.94. The second-order valence-electron chi connectivity index (χ2n) is 9.77. The van der Waals surface area contributed by atoms with Crippen molar-refractivity contribution in [2.75, 3.05) is 13.1 Å². The number of amides is 2. The monoisotopic (exact) mass is 360 g/mol. The molecule has 2 aliphatic carbocycles. The fourth-order valence-electron chi connectivity index (χ4n) is 7.36. The van der Waals surface area contributed by atoms with Gasteiger partial charge in [0.05, 0.1) is 30.3 Å². The molecule has 4 N–H and O–H groups in total. The first-order valence-corrected chi connectivity index (χ1v) is 10.3. The summed E-state index contributed by atoms with van der Waals surface area (Å²) in [6.07, 6.45) is 6.64. The van der Waals surface area contributed by atoms with Gasteiger partial charge in [-0.15, -0.1) is 0 Å². The van der Waals surface area contributed by atoms with Crippen LogP contribution in [0.3, 0.4) is 0 Å². The van der Waals surface area contributed by atoms with Crippen LogP contribution in [0.4, 0.5) is 0 Å². The van der Waals surface area contributed by atoms with E-state index in [0.29, 0.717) is 12.6 Å². The summed E-state index contributed by atoms with van der Waals surface area (Å²) < 4.78 is 5.88. The smallest absolute Gasteiger partial charge is 0.241 e. The normalized spacial score (nSPS) is 53.4. The first-order valence-electron chi connectivity index (χ1n) is 10.3. The molecular formula is C19H28N4O3. The second kappa shape index (κ2) is 5.20. The minimum Gasteiger partial charge on any atom is -0.372 e. The third kappa shape index (κ3) is 2.17. The van der Waals surface area contributed by atoms with Gasteiger partial charge in [0.25, 0.3) is 0 Å². The first-order chi connectivity index (χ1) is 12.5. The van der Waals surface area contributed by atoms with Crippen LogP contribution in [0.1, 0.15) is 38.5 Å². The van der Waals surface area contributed by atoms with E-state index in [4.69, 9.17) is 10.5 Å². The lowest BCUT2D eigenvalue weighted by Crippen LogP contribution is -2.71. The Morgan fingerprint density at radius 1 is 1.27 bits per heavy atom. The zero-order valence-corrected chi connectivity index (χ0v) is 15.0. The van der Waals surface area contributed by atoms with Gasteiger partial charge in [0.1, 0.15) is 0 Å². The van der Waals surface area contributed by atoms with Crippen molar-refractivity contribution in [3.8, 4) is 0 Å². The van der Waals surface area contributed by atoms with E-state index in [2.05, 4.69) is 10.6 Å². The van der Waals surface area contributed by atoms with Crippen molar-refractivity contribution in [3.63, 3.8) is 0 Å². The molecule has 7 nitrogen and oxygen atoms in total. The van der Waals surface area contributed by atoms with E-state index >= 15 is 0 Å². The average Bonchev–Trinajstić information content (AvgIpc) is 3.17. The number of likely N-dealkylation sites (tertiary alicyclic amines) is 1. The number of nitrogens with zero attached hydrogens (tertiary/aromatic N) is 1. The predicted octanol–water partition coefficient (Wildman–Crippen LogP) is -0.446. The molecule has 26 heavy (non-hydrogen) atoms. The maximum Gasteiger partial charge on any atom is 0.241 e. The van der Waals surface area contributed by atoms with Gasteiger partial charge >= 0.3 is 0 Å². The van der Waals surface area contributed by atoms with Gasteiger partial charge in [0.2, 0.25) is 11.8 Å². The van der Waals surface area contributed by atoms with Crippen LogP contribution < -0.4 is 16.4 Å². The quantitative estimate of drug-likeness (QED) is 0.634. The summed E-state index contributed by atoms with van der Waals surface area (Å²) in [5.41, 5.74) is 5.89. The molecule has 2 saturated carbocycles. The Labute approximate surface area is 153 Å². The Morgan fingerprint density at radius 3 is 2.77 bits per heavy atom. The Morgan fingerprint density at radius 2 is 2.04 bits per heavy atom. The minimum atomic E-state index is -0.227. The molecule has 9 atom stereocenters. The SMILES string of the molecule is NC1CC2OC1C1CN(CC(=O)NC34C[C@@H]5CC(C[C@@H](C5)C3)N4)C(=O)C21. The molecule has 6 bridgehead atoms. The molecule has 0 aromatic rings. The molecule has 5 heterocycles. The van der Waals surface area contributed by atoms with Crippen LogP contribution in [-0.2, 0) is 14.3 Å². The van der Waals surface area contributed by atoms with Crippen molar-refractivity contribution >= 4 is 11.8 Å². The fraction of sp³-hybridized carbons (Fsp3) is 0.895. The zero-order chi connectivity index (χ0) is 17.6. The summed E-state index contributed by atoms with van der Waals surface area (Å²) >= 11 is 0. The highest BCUT2D eigenvalue weighted by Crippen LogP contribution is 2.49. The summed E-state index contributed by atoms with van der Waals surface area (Å²) in [7, 11) is 0. The topological polar surface area (TPSA) is 96.7 Å². The van der Waals surface area contributed by atoms with Crippen molar-refractivity contribution < 1.29 is 14.3 Å². The van der Waals surface area contributed by atoms with Crippen molar-refractivity contribution in [2.24, 2.45) is 29.4 Å². The number of ether oxygens (including phenoxy) is 1. The van der Waals surface area contributed by atoms with E-state index in [1.807, 2.05) is 0 Å².